The summed E-state index contributed by atoms with van der Waals surface area (Å²) in [5, 5.41) is 7.99. The highest BCUT2D eigenvalue weighted by molar-refractivity contribution is 5.92. The van der Waals surface area contributed by atoms with E-state index in [-0.39, 0.29) is 17.5 Å². The van der Waals surface area contributed by atoms with E-state index < -0.39 is 0 Å². The van der Waals surface area contributed by atoms with Crippen molar-refractivity contribution in [2.75, 3.05) is 25.5 Å². The van der Waals surface area contributed by atoms with E-state index >= 15 is 0 Å². The number of nitrogens with one attached hydrogen (secondary N) is 3. The van der Waals surface area contributed by atoms with Gasteiger partial charge in [-0.15, -0.1) is 0 Å². The molecule has 1 aromatic rings. The number of anilines is 1. The summed E-state index contributed by atoms with van der Waals surface area (Å²) in [5.74, 6) is 0.0793. The second-order valence-corrected chi connectivity index (χ2v) is 3.28. The van der Waals surface area contributed by atoms with E-state index in [0.29, 0.717) is 18.9 Å². The van der Waals surface area contributed by atoms with Crippen molar-refractivity contribution in [2.24, 2.45) is 0 Å². The normalized spacial score (nSPS) is 9.53. The second kappa shape index (κ2) is 6.41. The minimum atomic E-state index is -0.319. The number of amides is 2. The summed E-state index contributed by atoms with van der Waals surface area (Å²) in [6, 6.07) is 0. The third-order valence-corrected chi connectivity index (χ3v) is 1.91. The third kappa shape index (κ3) is 4.45. The van der Waals surface area contributed by atoms with E-state index in [2.05, 4.69) is 25.9 Å². The Labute approximate surface area is 99.0 Å². The molecule has 0 saturated carbocycles. The van der Waals surface area contributed by atoms with Gasteiger partial charge < -0.3 is 16.0 Å². The molecule has 17 heavy (non-hydrogen) atoms. The Balaban J connectivity index is 2.43. The van der Waals surface area contributed by atoms with E-state index in [9.17, 15) is 9.59 Å². The quantitative estimate of drug-likeness (QED) is 0.593. The highest BCUT2D eigenvalue weighted by Crippen LogP contribution is 2.00. The van der Waals surface area contributed by atoms with Crippen molar-refractivity contribution in [3.63, 3.8) is 0 Å². The minimum absolute atomic E-state index is 0.128. The van der Waals surface area contributed by atoms with Crippen LogP contribution in [0.1, 0.15) is 17.4 Å². The highest BCUT2D eigenvalue weighted by Gasteiger charge is 2.07. The van der Waals surface area contributed by atoms with E-state index in [1.54, 1.807) is 7.05 Å². The Morgan fingerprint density at radius 3 is 2.59 bits per heavy atom. The van der Waals surface area contributed by atoms with E-state index in [1.807, 2.05) is 0 Å². The molecule has 1 aromatic heterocycles. The molecule has 0 unspecified atom stereocenters. The Kier molecular flexibility index (Phi) is 4.86. The number of nitrogens with zero attached hydrogens (tertiary/aromatic N) is 2. The monoisotopic (exact) mass is 237 g/mol. The number of aromatic nitrogens is 2. The molecule has 0 atom stereocenters. The summed E-state index contributed by atoms with van der Waals surface area (Å²) in [6.45, 7) is 2.16. The van der Waals surface area contributed by atoms with Crippen molar-refractivity contribution < 1.29 is 9.59 Å². The molecule has 7 heteroatoms. The molecule has 1 rings (SSSR count). The number of hydrogen-bond donors (Lipinski definition) is 3. The first-order chi connectivity index (χ1) is 8.13. The van der Waals surface area contributed by atoms with Gasteiger partial charge in [0.1, 0.15) is 11.5 Å². The summed E-state index contributed by atoms with van der Waals surface area (Å²) in [6.07, 6.45) is 2.91. The van der Waals surface area contributed by atoms with Gasteiger partial charge in [0, 0.05) is 27.1 Å². The van der Waals surface area contributed by atoms with Gasteiger partial charge in [-0.05, 0) is 0 Å². The van der Waals surface area contributed by atoms with Crippen LogP contribution in [0.4, 0.5) is 5.82 Å². The van der Waals surface area contributed by atoms with Crippen LogP contribution in [-0.2, 0) is 4.79 Å². The average molecular weight is 237 g/mol. The zero-order valence-corrected chi connectivity index (χ0v) is 9.78. The third-order valence-electron chi connectivity index (χ3n) is 1.91. The Morgan fingerprint density at radius 1 is 1.24 bits per heavy atom. The van der Waals surface area contributed by atoms with Gasteiger partial charge in [0.2, 0.25) is 5.91 Å². The molecule has 0 saturated heterocycles. The fourth-order valence-corrected chi connectivity index (χ4v) is 1.10. The smallest absolute Gasteiger partial charge is 0.271 e. The first kappa shape index (κ1) is 12.9. The first-order valence-corrected chi connectivity index (χ1v) is 5.16. The predicted molar refractivity (Wildman–Crippen MR) is 62.6 cm³/mol. The van der Waals surface area contributed by atoms with Gasteiger partial charge in [0.05, 0.1) is 12.4 Å². The van der Waals surface area contributed by atoms with Crippen LogP contribution in [0.3, 0.4) is 0 Å². The zero-order chi connectivity index (χ0) is 12.7. The molecular formula is C10H15N5O2. The van der Waals surface area contributed by atoms with Gasteiger partial charge in [-0.3, -0.25) is 14.6 Å². The van der Waals surface area contributed by atoms with Crippen molar-refractivity contribution in [1.82, 2.24) is 20.6 Å². The molecular weight excluding hydrogens is 222 g/mol. The molecule has 2 amide bonds. The van der Waals surface area contributed by atoms with Crippen molar-refractivity contribution in [1.29, 1.82) is 0 Å². The summed E-state index contributed by atoms with van der Waals surface area (Å²) in [4.78, 5) is 30.1. The minimum Gasteiger partial charge on any atom is -0.372 e. The molecule has 7 nitrogen and oxygen atoms in total. The summed E-state index contributed by atoms with van der Waals surface area (Å²) in [7, 11) is 1.70. The predicted octanol–water partition coefficient (Wildman–Crippen LogP) is -0.616. The molecule has 0 aliphatic rings. The first-order valence-electron chi connectivity index (χ1n) is 5.16. The summed E-state index contributed by atoms with van der Waals surface area (Å²) in [5.41, 5.74) is 0.236. The second-order valence-electron chi connectivity index (χ2n) is 3.28. The fourth-order valence-electron chi connectivity index (χ4n) is 1.10. The SMILES string of the molecule is CNc1cncc(C(=O)NCCNC(C)=O)n1. The largest absolute Gasteiger partial charge is 0.372 e. The van der Waals surface area contributed by atoms with Crippen LogP contribution in [0.5, 0.6) is 0 Å². The Morgan fingerprint density at radius 2 is 1.94 bits per heavy atom. The molecule has 1 heterocycles. The number of rotatable bonds is 5. The molecule has 3 N–H and O–H groups in total. The van der Waals surface area contributed by atoms with Crippen LogP contribution in [0.25, 0.3) is 0 Å². The van der Waals surface area contributed by atoms with Crippen molar-refractivity contribution in [3.8, 4) is 0 Å². The summed E-state index contributed by atoms with van der Waals surface area (Å²) < 4.78 is 0. The molecule has 0 spiro atoms. The molecule has 0 aliphatic heterocycles. The lowest BCUT2D eigenvalue weighted by Crippen LogP contribution is -2.34. The molecule has 0 radical (unpaired) electrons. The highest BCUT2D eigenvalue weighted by atomic mass is 16.2. The number of carbonyl (C=O) groups is 2. The number of carbonyl (C=O) groups excluding carboxylic acids is 2. The van der Waals surface area contributed by atoms with Crippen molar-refractivity contribution >= 4 is 17.6 Å². The van der Waals surface area contributed by atoms with Crippen LogP contribution in [0.15, 0.2) is 12.4 Å². The maximum absolute atomic E-state index is 11.6. The van der Waals surface area contributed by atoms with E-state index in [1.165, 1.54) is 19.3 Å². The fraction of sp³-hybridized carbons (Fsp3) is 0.400. The molecule has 0 fully saturated rings. The standard InChI is InChI=1S/C10H15N5O2/c1-7(16)13-3-4-14-10(17)8-5-12-6-9(11-2)15-8/h5-6H,3-4H2,1-2H3,(H,11,15)(H,13,16)(H,14,17). The molecule has 0 aliphatic carbocycles. The van der Waals surface area contributed by atoms with Crippen molar-refractivity contribution in [2.45, 2.75) is 6.92 Å². The van der Waals surface area contributed by atoms with Crippen LogP contribution < -0.4 is 16.0 Å². The Bertz CT molecular complexity index is 407. The van der Waals surface area contributed by atoms with Gasteiger partial charge in [0.15, 0.2) is 0 Å². The van der Waals surface area contributed by atoms with Crippen LogP contribution in [0, 0.1) is 0 Å². The van der Waals surface area contributed by atoms with Gasteiger partial charge in [-0.2, -0.15) is 0 Å². The van der Waals surface area contributed by atoms with Crippen molar-refractivity contribution in [3.05, 3.63) is 18.1 Å². The maximum atomic E-state index is 11.6. The zero-order valence-electron chi connectivity index (χ0n) is 9.78. The van der Waals surface area contributed by atoms with E-state index in [0.717, 1.165) is 0 Å². The van der Waals surface area contributed by atoms with Gasteiger partial charge in [-0.1, -0.05) is 0 Å². The van der Waals surface area contributed by atoms with Crippen LogP contribution in [0.2, 0.25) is 0 Å². The van der Waals surface area contributed by atoms with Crippen LogP contribution in [-0.4, -0.2) is 41.9 Å². The lowest BCUT2D eigenvalue weighted by atomic mass is 10.4. The molecule has 92 valence electrons. The molecule has 0 aromatic carbocycles. The number of hydrogen-bond acceptors (Lipinski definition) is 5. The van der Waals surface area contributed by atoms with E-state index in [4.69, 9.17) is 0 Å². The lowest BCUT2D eigenvalue weighted by molar-refractivity contribution is -0.118. The maximum Gasteiger partial charge on any atom is 0.271 e. The lowest BCUT2D eigenvalue weighted by Gasteiger charge is -2.05. The van der Waals surface area contributed by atoms with Gasteiger partial charge >= 0.3 is 0 Å². The average Bonchev–Trinajstić information content (AvgIpc) is 2.34. The van der Waals surface area contributed by atoms with Gasteiger partial charge in [-0.25, -0.2) is 4.98 Å². The Hall–Kier alpha value is -2.18. The van der Waals surface area contributed by atoms with Crippen LogP contribution >= 0.6 is 0 Å². The molecule has 0 bridgehead atoms. The van der Waals surface area contributed by atoms with Gasteiger partial charge in [0.25, 0.3) is 5.91 Å². The topological polar surface area (TPSA) is 96.0 Å². The summed E-state index contributed by atoms with van der Waals surface area (Å²) >= 11 is 0.